The van der Waals surface area contributed by atoms with Gasteiger partial charge in [0.2, 0.25) is 5.75 Å². The molecule has 0 aliphatic heterocycles. The average Bonchev–Trinajstić information content (AvgIpc) is 2.63. The molecule has 0 heterocycles. The van der Waals surface area contributed by atoms with Crippen LogP contribution in [0.2, 0.25) is 10.0 Å². The fourth-order valence-corrected chi connectivity index (χ4v) is 2.34. The summed E-state index contributed by atoms with van der Waals surface area (Å²) in [5.74, 6) is 0.720. The highest BCUT2D eigenvalue weighted by molar-refractivity contribution is 6.42. The topological polar surface area (TPSA) is 69.2 Å². The SMILES string of the molecule is COc1cc(C(=O)N/N=C\c2ccc(Cl)c(Cl)c2)cc(OC)c1OC. The van der Waals surface area contributed by atoms with Gasteiger partial charge in [-0.05, 0) is 29.8 Å². The van der Waals surface area contributed by atoms with Crippen LogP contribution in [0.5, 0.6) is 17.2 Å². The minimum atomic E-state index is -0.435. The molecule has 0 bridgehead atoms. The monoisotopic (exact) mass is 382 g/mol. The van der Waals surface area contributed by atoms with E-state index in [9.17, 15) is 4.79 Å². The first-order valence-electron chi connectivity index (χ1n) is 7.08. The van der Waals surface area contributed by atoms with Gasteiger partial charge in [0.25, 0.3) is 5.91 Å². The maximum Gasteiger partial charge on any atom is 0.271 e. The zero-order valence-corrected chi connectivity index (χ0v) is 15.3. The Morgan fingerprint density at radius 3 is 2.16 bits per heavy atom. The van der Waals surface area contributed by atoms with Crippen molar-refractivity contribution in [2.75, 3.05) is 21.3 Å². The van der Waals surface area contributed by atoms with Gasteiger partial charge in [0.1, 0.15) is 0 Å². The molecule has 6 nitrogen and oxygen atoms in total. The Morgan fingerprint density at radius 2 is 1.64 bits per heavy atom. The number of carbonyl (C=O) groups excluding carboxylic acids is 1. The average molecular weight is 383 g/mol. The summed E-state index contributed by atoms with van der Waals surface area (Å²) >= 11 is 11.8. The van der Waals surface area contributed by atoms with Crippen molar-refractivity contribution in [1.82, 2.24) is 5.43 Å². The molecule has 0 fully saturated rings. The van der Waals surface area contributed by atoms with Crippen LogP contribution >= 0.6 is 23.2 Å². The van der Waals surface area contributed by atoms with Crippen LogP contribution in [0.1, 0.15) is 15.9 Å². The number of rotatable bonds is 6. The summed E-state index contributed by atoms with van der Waals surface area (Å²) in [6.07, 6.45) is 1.46. The molecular formula is C17H16Cl2N2O4. The van der Waals surface area contributed by atoms with Crippen LogP contribution in [-0.4, -0.2) is 33.5 Å². The van der Waals surface area contributed by atoms with E-state index in [1.54, 1.807) is 18.2 Å². The standard InChI is InChI=1S/C17H16Cl2N2O4/c1-23-14-7-11(8-15(24-2)16(14)25-3)17(22)21-20-9-10-4-5-12(18)13(19)6-10/h4-9H,1-3H3,(H,21,22)/b20-9-. The number of ether oxygens (including phenoxy) is 3. The molecule has 0 aliphatic rings. The first-order chi connectivity index (χ1) is 12.0. The molecule has 0 saturated heterocycles. The lowest BCUT2D eigenvalue weighted by molar-refractivity contribution is 0.0954. The van der Waals surface area contributed by atoms with Crippen molar-refractivity contribution in [2.45, 2.75) is 0 Å². The molecule has 2 aromatic rings. The number of nitrogens with zero attached hydrogens (tertiary/aromatic N) is 1. The summed E-state index contributed by atoms with van der Waals surface area (Å²) in [6.45, 7) is 0. The number of benzene rings is 2. The normalized spacial score (nSPS) is 10.6. The number of halogens is 2. The van der Waals surface area contributed by atoms with Gasteiger partial charge < -0.3 is 14.2 Å². The van der Waals surface area contributed by atoms with Gasteiger partial charge in [-0.15, -0.1) is 0 Å². The Bertz CT molecular complexity index is 784. The number of hydrazone groups is 1. The van der Waals surface area contributed by atoms with Gasteiger partial charge in [-0.2, -0.15) is 5.10 Å². The van der Waals surface area contributed by atoms with E-state index in [4.69, 9.17) is 37.4 Å². The van der Waals surface area contributed by atoms with Crippen molar-refractivity contribution >= 4 is 35.3 Å². The fourth-order valence-electron chi connectivity index (χ4n) is 2.03. The summed E-state index contributed by atoms with van der Waals surface area (Å²) in [6, 6.07) is 8.07. The number of nitrogens with one attached hydrogen (secondary N) is 1. The number of amides is 1. The summed E-state index contributed by atoms with van der Waals surface area (Å²) in [5.41, 5.74) is 3.42. The number of hydrogen-bond donors (Lipinski definition) is 1. The van der Waals surface area contributed by atoms with Gasteiger partial charge in [0, 0.05) is 5.56 Å². The number of methoxy groups -OCH3 is 3. The second kappa shape index (κ2) is 8.60. The van der Waals surface area contributed by atoms with Gasteiger partial charge in [0.15, 0.2) is 11.5 Å². The Morgan fingerprint density at radius 1 is 1.00 bits per heavy atom. The van der Waals surface area contributed by atoms with Crippen LogP contribution in [-0.2, 0) is 0 Å². The lowest BCUT2D eigenvalue weighted by Crippen LogP contribution is -2.18. The number of hydrogen-bond acceptors (Lipinski definition) is 5. The van der Waals surface area contributed by atoms with Gasteiger partial charge in [-0.25, -0.2) is 5.43 Å². The maximum absolute atomic E-state index is 12.3. The third kappa shape index (κ3) is 4.55. The van der Waals surface area contributed by atoms with Crippen molar-refractivity contribution < 1.29 is 19.0 Å². The fraction of sp³-hybridized carbons (Fsp3) is 0.176. The molecular weight excluding hydrogens is 367 g/mol. The highest BCUT2D eigenvalue weighted by Gasteiger charge is 2.16. The molecule has 0 unspecified atom stereocenters. The molecule has 0 aliphatic carbocycles. The summed E-state index contributed by atoms with van der Waals surface area (Å²) < 4.78 is 15.7. The summed E-state index contributed by atoms with van der Waals surface area (Å²) in [7, 11) is 4.43. The highest BCUT2D eigenvalue weighted by atomic mass is 35.5. The lowest BCUT2D eigenvalue weighted by atomic mass is 10.1. The van der Waals surface area contributed by atoms with Crippen LogP contribution in [0.4, 0.5) is 0 Å². The molecule has 0 atom stereocenters. The molecule has 0 saturated carbocycles. The molecule has 0 spiro atoms. The van der Waals surface area contributed by atoms with Crippen molar-refractivity contribution in [3.8, 4) is 17.2 Å². The van der Waals surface area contributed by atoms with Gasteiger partial charge >= 0.3 is 0 Å². The molecule has 25 heavy (non-hydrogen) atoms. The van der Waals surface area contributed by atoms with Crippen LogP contribution in [0.3, 0.4) is 0 Å². The first kappa shape index (κ1) is 18.9. The second-order valence-corrected chi connectivity index (χ2v) is 5.60. The quantitative estimate of drug-likeness (QED) is 0.609. The van der Waals surface area contributed by atoms with Crippen molar-refractivity contribution in [2.24, 2.45) is 5.10 Å². The summed E-state index contributed by atoms with van der Waals surface area (Å²) in [5, 5.41) is 4.75. The molecule has 2 aromatic carbocycles. The Kier molecular flexibility index (Phi) is 6.50. The van der Waals surface area contributed by atoms with Crippen LogP contribution in [0, 0.1) is 0 Å². The van der Waals surface area contributed by atoms with Crippen LogP contribution in [0.25, 0.3) is 0 Å². The zero-order valence-electron chi connectivity index (χ0n) is 13.8. The van der Waals surface area contributed by atoms with Crippen LogP contribution < -0.4 is 19.6 Å². The number of carbonyl (C=O) groups is 1. The lowest BCUT2D eigenvalue weighted by Gasteiger charge is -2.13. The van der Waals surface area contributed by atoms with Crippen LogP contribution in [0.15, 0.2) is 35.4 Å². The minimum Gasteiger partial charge on any atom is -0.493 e. The van der Waals surface area contributed by atoms with E-state index in [-0.39, 0.29) is 0 Å². The van der Waals surface area contributed by atoms with Crippen molar-refractivity contribution in [3.63, 3.8) is 0 Å². The minimum absolute atomic E-state index is 0.306. The second-order valence-electron chi connectivity index (χ2n) is 4.79. The van der Waals surface area contributed by atoms with E-state index < -0.39 is 5.91 Å². The van der Waals surface area contributed by atoms with E-state index in [2.05, 4.69) is 10.5 Å². The third-order valence-corrected chi connectivity index (χ3v) is 3.99. The molecule has 1 amide bonds. The maximum atomic E-state index is 12.3. The van der Waals surface area contributed by atoms with Crippen molar-refractivity contribution in [3.05, 3.63) is 51.5 Å². The zero-order chi connectivity index (χ0) is 18.4. The third-order valence-electron chi connectivity index (χ3n) is 3.25. The van der Waals surface area contributed by atoms with Gasteiger partial charge in [0.05, 0.1) is 37.6 Å². The van der Waals surface area contributed by atoms with Gasteiger partial charge in [-0.3, -0.25) is 4.79 Å². The largest absolute Gasteiger partial charge is 0.493 e. The smallest absolute Gasteiger partial charge is 0.271 e. The molecule has 132 valence electrons. The predicted molar refractivity (Wildman–Crippen MR) is 97.6 cm³/mol. The van der Waals surface area contributed by atoms with E-state index in [1.807, 2.05) is 0 Å². The molecule has 2 rings (SSSR count). The van der Waals surface area contributed by atoms with E-state index >= 15 is 0 Å². The summed E-state index contributed by atoms with van der Waals surface area (Å²) in [4.78, 5) is 12.3. The Hall–Kier alpha value is -2.44. The molecule has 8 heteroatoms. The highest BCUT2D eigenvalue weighted by Crippen LogP contribution is 2.38. The van der Waals surface area contributed by atoms with Gasteiger partial charge in [-0.1, -0.05) is 29.3 Å². The van der Waals surface area contributed by atoms with E-state index in [0.29, 0.717) is 38.4 Å². The Balaban J connectivity index is 2.17. The van der Waals surface area contributed by atoms with E-state index in [1.165, 1.54) is 39.7 Å². The van der Waals surface area contributed by atoms with Crippen molar-refractivity contribution in [1.29, 1.82) is 0 Å². The Labute approximate surface area is 155 Å². The molecule has 0 radical (unpaired) electrons. The molecule has 1 N–H and O–H groups in total. The first-order valence-corrected chi connectivity index (χ1v) is 7.84. The molecule has 0 aromatic heterocycles. The predicted octanol–water partition coefficient (Wildman–Crippen LogP) is 3.78. The van der Waals surface area contributed by atoms with E-state index in [0.717, 1.165) is 0 Å².